The Morgan fingerprint density at radius 1 is 1.05 bits per heavy atom. The molecular formula is C16H23Cl2NO2. The number of hydrogen-bond donors (Lipinski definition) is 2. The second-order valence-corrected chi connectivity index (χ2v) is 5.01. The van der Waals surface area contributed by atoms with Crippen LogP contribution in [0.15, 0.2) is 42.5 Å². The molecule has 2 N–H and O–H groups in total. The van der Waals surface area contributed by atoms with Gasteiger partial charge in [-0.1, -0.05) is 50.2 Å². The topological polar surface area (TPSA) is 41.5 Å². The first-order chi connectivity index (χ1) is 9.16. The third-order valence-corrected chi connectivity index (χ3v) is 2.94. The molecule has 0 heterocycles. The number of benzene rings is 2. The minimum absolute atomic E-state index is 0. The molecule has 2 aromatic rings. The number of hydrogen-bond acceptors (Lipinski definition) is 3. The van der Waals surface area contributed by atoms with Gasteiger partial charge in [-0.2, -0.15) is 0 Å². The number of fused-ring (bicyclic) bond motifs is 1. The van der Waals surface area contributed by atoms with E-state index in [0.29, 0.717) is 19.2 Å². The summed E-state index contributed by atoms with van der Waals surface area (Å²) in [6.45, 7) is 4.95. The Bertz CT molecular complexity index is 529. The van der Waals surface area contributed by atoms with Gasteiger partial charge >= 0.3 is 0 Å². The van der Waals surface area contributed by atoms with Crippen molar-refractivity contribution in [1.82, 2.24) is 5.32 Å². The van der Waals surface area contributed by atoms with Gasteiger partial charge in [-0.15, -0.1) is 24.8 Å². The van der Waals surface area contributed by atoms with Crippen LogP contribution in [0.1, 0.15) is 13.8 Å². The Morgan fingerprint density at radius 3 is 2.43 bits per heavy atom. The molecule has 3 nitrogen and oxygen atoms in total. The molecule has 21 heavy (non-hydrogen) atoms. The molecule has 0 saturated heterocycles. The molecule has 0 aliphatic rings. The van der Waals surface area contributed by atoms with Crippen molar-refractivity contribution >= 4 is 35.6 Å². The first kappa shape index (κ1) is 20.0. The number of nitrogens with one attached hydrogen (secondary N) is 1. The van der Waals surface area contributed by atoms with Gasteiger partial charge in [0.25, 0.3) is 0 Å². The maximum Gasteiger partial charge on any atom is 0.127 e. The number of aliphatic hydroxyl groups excluding tert-OH is 1. The van der Waals surface area contributed by atoms with E-state index < -0.39 is 6.10 Å². The lowest BCUT2D eigenvalue weighted by atomic mass is 10.1. The maximum atomic E-state index is 9.84. The second-order valence-electron chi connectivity index (χ2n) is 5.01. The first-order valence-corrected chi connectivity index (χ1v) is 6.69. The largest absolute Gasteiger partial charge is 0.490 e. The van der Waals surface area contributed by atoms with E-state index in [1.165, 1.54) is 0 Å². The van der Waals surface area contributed by atoms with Gasteiger partial charge < -0.3 is 15.2 Å². The average Bonchev–Trinajstić information content (AvgIpc) is 2.42. The highest BCUT2D eigenvalue weighted by molar-refractivity contribution is 5.88. The summed E-state index contributed by atoms with van der Waals surface area (Å²) in [6.07, 6.45) is -0.499. The van der Waals surface area contributed by atoms with Crippen molar-refractivity contribution in [1.29, 1.82) is 0 Å². The zero-order valence-corrected chi connectivity index (χ0v) is 13.9. The lowest BCUT2D eigenvalue weighted by Gasteiger charge is -2.15. The van der Waals surface area contributed by atoms with Gasteiger partial charge in [-0.3, -0.25) is 0 Å². The number of ether oxygens (including phenoxy) is 1. The summed E-state index contributed by atoms with van der Waals surface area (Å²) in [6, 6.07) is 14.4. The zero-order chi connectivity index (χ0) is 13.7. The average molecular weight is 332 g/mol. The summed E-state index contributed by atoms with van der Waals surface area (Å²) < 4.78 is 5.72. The fourth-order valence-electron chi connectivity index (χ4n) is 1.94. The van der Waals surface area contributed by atoms with Crippen molar-refractivity contribution in [2.45, 2.75) is 26.0 Å². The molecule has 5 heteroatoms. The Balaban J connectivity index is 0.00000200. The van der Waals surface area contributed by atoms with Crippen LogP contribution >= 0.6 is 24.8 Å². The van der Waals surface area contributed by atoms with E-state index in [1.54, 1.807) is 0 Å². The van der Waals surface area contributed by atoms with Crippen LogP contribution in [0.2, 0.25) is 0 Å². The quantitative estimate of drug-likeness (QED) is 0.852. The molecule has 2 aromatic carbocycles. The smallest absolute Gasteiger partial charge is 0.127 e. The predicted molar refractivity (Wildman–Crippen MR) is 93.1 cm³/mol. The van der Waals surface area contributed by atoms with E-state index in [1.807, 2.05) is 30.3 Å². The third-order valence-electron chi connectivity index (χ3n) is 2.94. The van der Waals surface area contributed by atoms with Crippen LogP contribution in [0.3, 0.4) is 0 Å². The summed E-state index contributed by atoms with van der Waals surface area (Å²) in [5.74, 6) is 0.821. The lowest BCUT2D eigenvalue weighted by molar-refractivity contribution is 0.105. The van der Waals surface area contributed by atoms with Crippen LogP contribution < -0.4 is 10.1 Å². The van der Waals surface area contributed by atoms with E-state index in [9.17, 15) is 5.11 Å². The Morgan fingerprint density at radius 2 is 1.71 bits per heavy atom. The highest BCUT2D eigenvalue weighted by atomic mass is 35.5. The van der Waals surface area contributed by atoms with Crippen molar-refractivity contribution in [3.8, 4) is 5.75 Å². The van der Waals surface area contributed by atoms with E-state index >= 15 is 0 Å². The molecule has 0 aliphatic heterocycles. The van der Waals surface area contributed by atoms with Crippen molar-refractivity contribution in [2.75, 3.05) is 13.2 Å². The fraction of sp³-hybridized carbons (Fsp3) is 0.375. The summed E-state index contributed by atoms with van der Waals surface area (Å²) in [5, 5.41) is 15.3. The molecule has 0 spiro atoms. The van der Waals surface area contributed by atoms with Crippen molar-refractivity contribution < 1.29 is 9.84 Å². The van der Waals surface area contributed by atoms with E-state index in [4.69, 9.17) is 4.74 Å². The molecule has 1 atom stereocenters. The highest BCUT2D eigenvalue weighted by Crippen LogP contribution is 2.25. The fourth-order valence-corrected chi connectivity index (χ4v) is 1.94. The van der Waals surface area contributed by atoms with Gasteiger partial charge in [0, 0.05) is 18.0 Å². The Kier molecular flexibility index (Phi) is 9.38. The number of halogens is 2. The van der Waals surface area contributed by atoms with Crippen LogP contribution in [0.25, 0.3) is 10.8 Å². The Labute approximate surface area is 138 Å². The molecule has 2 rings (SSSR count). The minimum Gasteiger partial charge on any atom is -0.490 e. The Hall–Kier alpha value is -1.000. The summed E-state index contributed by atoms with van der Waals surface area (Å²) in [4.78, 5) is 0. The first-order valence-electron chi connectivity index (χ1n) is 6.69. The molecule has 0 aliphatic carbocycles. The van der Waals surface area contributed by atoms with E-state index in [-0.39, 0.29) is 24.8 Å². The highest BCUT2D eigenvalue weighted by Gasteiger charge is 2.07. The summed E-state index contributed by atoms with van der Waals surface area (Å²) in [5.41, 5.74) is 0. The molecule has 118 valence electrons. The normalized spacial score (nSPS) is 11.6. The molecule has 0 aromatic heterocycles. The van der Waals surface area contributed by atoms with Gasteiger partial charge in [0.05, 0.1) is 0 Å². The van der Waals surface area contributed by atoms with Crippen LogP contribution in [0.5, 0.6) is 5.75 Å². The van der Waals surface area contributed by atoms with Gasteiger partial charge in [0.15, 0.2) is 0 Å². The molecule has 0 saturated carbocycles. The molecular weight excluding hydrogens is 309 g/mol. The molecule has 0 radical (unpaired) electrons. The van der Waals surface area contributed by atoms with E-state index in [0.717, 1.165) is 16.5 Å². The standard InChI is InChI=1S/C16H21NO2.2ClH/c1-12(2)17-10-14(18)11-19-16-9-5-7-13-6-3-4-8-15(13)16;;/h3-9,12,14,17-18H,10-11H2,1-2H3;2*1H. The van der Waals surface area contributed by atoms with Crippen molar-refractivity contribution in [2.24, 2.45) is 0 Å². The zero-order valence-electron chi connectivity index (χ0n) is 12.3. The van der Waals surface area contributed by atoms with Gasteiger partial charge in [0.2, 0.25) is 0 Å². The predicted octanol–water partition coefficient (Wildman–Crippen LogP) is 3.42. The SMILES string of the molecule is CC(C)NCC(O)COc1cccc2ccccc12.Cl.Cl. The molecule has 1 unspecified atom stereocenters. The van der Waals surface area contributed by atoms with Crippen LogP contribution in [-0.4, -0.2) is 30.4 Å². The van der Waals surface area contributed by atoms with Crippen molar-refractivity contribution in [3.63, 3.8) is 0 Å². The van der Waals surface area contributed by atoms with E-state index in [2.05, 4.69) is 31.3 Å². The van der Waals surface area contributed by atoms with Gasteiger partial charge in [-0.05, 0) is 11.5 Å². The van der Waals surface area contributed by atoms with Crippen LogP contribution in [0.4, 0.5) is 0 Å². The minimum atomic E-state index is -0.499. The van der Waals surface area contributed by atoms with Gasteiger partial charge in [0.1, 0.15) is 18.5 Å². The lowest BCUT2D eigenvalue weighted by Crippen LogP contribution is -2.35. The monoisotopic (exact) mass is 331 g/mol. The second kappa shape index (κ2) is 9.85. The number of rotatable bonds is 6. The van der Waals surface area contributed by atoms with Crippen LogP contribution in [-0.2, 0) is 0 Å². The third kappa shape index (κ3) is 6.10. The summed E-state index contributed by atoms with van der Waals surface area (Å²) >= 11 is 0. The number of aliphatic hydroxyl groups is 1. The molecule has 0 fully saturated rings. The van der Waals surface area contributed by atoms with Crippen LogP contribution in [0, 0.1) is 0 Å². The maximum absolute atomic E-state index is 9.84. The summed E-state index contributed by atoms with van der Waals surface area (Å²) in [7, 11) is 0. The van der Waals surface area contributed by atoms with Crippen molar-refractivity contribution in [3.05, 3.63) is 42.5 Å². The van der Waals surface area contributed by atoms with Gasteiger partial charge in [-0.25, -0.2) is 0 Å². The molecule has 0 bridgehead atoms. The molecule has 0 amide bonds.